The fourth-order valence-corrected chi connectivity index (χ4v) is 1.71. The minimum atomic E-state index is -1.29. The van der Waals surface area contributed by atoms with E-state index in [0.29, 0.717) is 17.2 Å². The second kappa shape index (κ2) is 6.57. The number of benzene rings is 1. The predicted octanol–water partition coefficient (Wildman–Crippen LogP) is 1.01. The summed E-state index contributed by atoms with van der Waals surface area (Å²) in [6.45, 7) is 0. The van der Waals surface area contributed by atoms with E-state index in [1.807, 2.05) is 0 Å². The largest absolute Gasteiger partial charge is 0.530 e. The zero-order valence-electron chi connectivity index (χ0n) is 12.1. The van der Waals surface area contributed by atoms with Crippen molar-refractivity contribution in [2.45, 2.75) is 0 Å². The Balaban J connectivity index is 2.14. The normalized spacial score (nSPS) is 9.91. The van der Waals surface area contributed by atoms with Crippen LogP contribution < -0.4 is 20.1 Å². The van der Waals surface area contributed by atoms with Crippen molar-refractivity contribution < 1.29 is 19.4 Å². The first kappa shape index (κ1) is 15.3. The molecule has 0 saturated heterocycles. The van der Waals surface area contributed by atoms with Crippen molar-refractivity contribution in [2.75, 3.05) is 19.0 Å². The van der Waals surface area contributed by atoms with Crippen molar-refractivity contribution in [2.24, 2.45) is 0 Å². The van der Waals surface area contributed by atoms with Gasteiger partial charge in [0, 0.05) is 32.0 Å². The molecule has 2 amide bonds. The third-order valence-corrected chi connectivity index (χ3v) is 2.92. The van der Waals surface area contributed by atoms with E-state index in [0.717, 1.165) is 4.90 Å². The summed E-state index contributed by atoms with van der Waals surface area (Å²) < 4.78 is 5.61. The van der Waals surface area contributed by atoms with Crippen LogP contribution in [-0.2, 0) is 0 Å². The summed E-state index contributed by atoms with van der Waals surface area (Å²) >= 11 is 0. The number of anilines is 1. The van der Waals surface area contributed by atoms with Crippen LogP contribution in [-0.4, -0.2) is 31.1 Å². The summed E-state index contributed by atoms with van der Waals surface area (Å²) in [5.74, 6) is 0.649. The van der Waals surface area contributed by atoms with Gasteiger partial charge in [-0.2, -0.15) is 0 Å². The SMILES string of the molecule is CNC(=O)c1cc(Oc2ccc(N(C)C(=O)[O-])cc2)ccn1. The second-order valence-corrected chi connectivity index (χ2v) is 4.38. The molecule has 22 heavy (non-hydrogen) atoms. The molecule has 0 aliphatic heterocycles. The Morgan fingerprint density at radius 1 is 1.18 bits per heavy atom. The first-order chi connectivity index (χ1) is 10.5. The average molecular weight is 300 g/mol. The first-order valence-electron chi connectivity index (χ1n) is 6.42. The van der Waals surface area contributed by atoms with Crippen LogP contribution in [0.25, 0.3) is 0 Å². The number of ether oxygens (including phenoxy) is 1. The first-order valence-corrected chi connectivity index (χ1v) is 6.42. The van der Waals surface area contributed by atoms with E-state index in [9.17, 15) is 14.7 Å². The highest BCUT2D eigenvalue weighted by Gasteiger charge is 2.07. The number of nitrogens with one attached hydrogen (secondary N) is 1. The fraction of sp³-hybridized carbons (Fsp3) is 0.133. The molecular weight excluding hydrogens is 286 g/mol. The third kappa shape index (κ3) is 3.51. The van der Waals surface area contributed by atoms with Crippen molar-refractivity contribution in [3.05, 3.63) is 48.3 Å². The molecular formula is C15H14N3O4-. The molecule has 0 fully saturated rings. The number of amides is 2. The number of rotatable bonds is 4. The van der Waals surface area contributed by atoms with Crippen LogP contribution in [0.5, 0.6) is 11.5 Å². The maximum atomic E-state index is 11.5. The van der Waals surface area contributed by atoms with Gasteiger partial charge in [0.2, 0.25) is 0 Å². The molecule has 0 aliphatic carbocycles. The van der Waals surface area contributed by atoms with Crippen molar-refractivity contribution in [1.29, 1.82) is 0 Å². The van der Waals surface area contributed by atoms with Crippen molar-refractivity contribution in [3.63, 3.8) is 0 Å². The second-order valence-electron chi connectivity index (χ2n) is 4.38. The summed E-state index contributed by atoms with van der Waals surface area (Å²) in [4.78, 5) is 27.2. The van der Waals surface area contributed by atoms with E-state index in [1.165, 1.54) is 26.4 Å². The van der Waals surface area contributed by atoms with E-state index in [-0.39, 0.29) is 11.6 Å². The molecule has 0 spiro atoms. The van der Waals surface area contributed by atoms with Gasteiger partial charge in [-0.25, -0.2) is 0 Å². The lowest BCUT2D eigenvalue weighted by molar-refractivity contribution is -0.246. The molecule has 7 nitrogen and oxygen atoms in total. The molecule has 0 saturated carbocycles. The van der Waals surface area contributed by atoms with Gasteiger partial charge >= 0.3 is 0 Å². The van der Waals surface area contributed by atoms with Gasteiger partial charge in [0.25, 0.3) is 5.91 Å². The Morgan fingerprint density at radius 3 is 2.45 bits per heavy atom. The minimum absolute atomic E-state index is 0.244. The fourth-order valence-electron chi connectivity index (χ4n) is 1.71. The number of carbonyl (C=O) groups is 2. The van der Waals surface area contributed by atoms with Crippen molar-refractivity contribution in [3.8, 4) is 11.5 Å². The van der Waals surface area contributed by atoms with E-state index in [4.69, 9.17) is 4.74 Å². The van der Waals surface area contributed by atoms with Gasteiger partial charge < -0.3 is 24.9 Å². The van der Waals surface area contributed by atoms with Crippen LogP contribution in [0.1, 0.15) is 10.5 Å². The van der Waals surface area contributed by atoms with E-state index >= 15 is 0 Å². The molecule has 0 atom stereocenters. The number of carboxylic acid groups (broad SMARTS) is 1. The Labute approximate surface area is 127 Å². The number of aromatic nitrogens is 1. The smallest absolute Gasteiger partial charge is 0.269 e. The van der Waals surface area contributed by atoms with E-state index in [2.05, 4.69) is 10.3 Å². The highest BCUT2D eigenvalue weighted by Crippen LogP contribution is 2.24. The highest BCUT2D eigenvalue weighted by molar-refractivity contribution is 5.92. The molecule has 114 valence electrons. The summed E-state index contributed by atoms with van der Waals surface area (Å²) in [7, 11) is 2.91. The molecule has 2 aromatic rings. The predicted molar refractivity (Wildman–Crippen MR) is 77.9 cm³/mol. The summed E-state index contributed by atoms with van der Waals surface area (Å²) in [6.07, 6.45) is 0.177. The zero-order chi connectivity index (χ0) is 16.1. The molecule has 0 unspecified atom stereocenters. The lowest BCUT2D eigenvalue weighted by Crippen LogP contribution is -2.38. The summed E-state index contributed by atoms with van der Waals surface area (Å²) in [5, 5.41) is 13.2. The third-order valence-electron chi connectivity index (χ3n) is 2.92. The number of pyridine rings is 1. The van der Waals surface area contributed by atoms with Crippen molar-refractivity contribution >= 4 is 17.7 Å². The van der Waals surface area contributed by atoms with Crippen molar-refractivity contribution in [1.82, 2.24) is 10.3 Å². The highest BCUT2D eigenvalue weighted by atomic mass is 16.5. The molecule has 0 bridgehead atoms. The Morgan fingerprint density at radius 2 is 1.86 bits per heavy atom. The standard InChI is InChI=1S/C15H15N3O4/c1-16-14(19)13-9-12(7-8-17-13)22-11-5-3-10(4-6-11)18(2)15(20)21/h3-9H,1-2H3,(H,16,19)(H,20,21)/p-1. The molecule has 2 rings (SSSR count). The van der Waals surface area contributed by atoms with Crippen LogP contribution in [0.15, 0.2) is 42.6 Å². The number of hydrogen-bond donors (Lipinski definition) is 1. The molecule has 7 heteroatoms. The van der Waals surface area contributed by atoms with Crippen LogP contribution >= 0.6 is 0 Å². The van der Waals surface area contributed by atoms with Gasteiger partial charge in [0.15, 0.2) is 0 Å². The topological polar surface area (TPSA) is 94.6 Å². The minimum Gasteiger partial charge on any atom is -0.530 e. The molecule has 0 radical (unpaired) electrons. The lowest BCUT2D eigenvalue weighted by Gasteiger charge is -2.19. The Bertz CT molecular complexity index is 685. The van der Waals surface area contributed by atoms with Crippen LogP contribution in [0.3, 0.4) is 0 Å². The lowest BCUT2D eigenvalue weighted by atomic mass is 10.3. The molecule has 0 aliphatic rings. The molecule has 1 aromatic heterocycles. The molecule has 1 N–H and O–H groups in total. The van der Waals surface area contributed by atoms with Crippen LogP contribution in [0.4, 0.5) is 10.5 Å². The quantitative estimate of drug-likeness (QED) is 0.909. The van der Waals surface area contributed by atoms with Crippen LogP contribution in [0.2, 0.25) is 0 Å². The maximum Gasteiger partial charge on any atom is 0.269 e. The summed E-state index contributed by atoms with van der Waals surface area (Å²) in [6, 6.07) is 9.55. The monoisotopic (exact) mass is 300 g/mol. The van der Waals surface area contributed by atoms with Gasteiger partial charge in [-0.15, -0.1) is 0 Å². The summed E-state index contributed by atoms with van der Waals surface area (Å²) in [5.41, 5.74) is 0.710. The van der Waals surface area contributed by atoms with Gasteiger partial charge in [-0.1, -0.05) is 0 Å². The Hall–Kier alpha value is -3.09. The van der Waals surface area contributed by atoms with Crippen LogP contribution in [0, 0.1) is 0 Å². The zero-order valence-corrected chi connectivity index (χ0v) is 12.1. The molecule has 1 heterocycles. The number of nitrogens with zero attached hydrogens (tertiary/aromatic N) is 2. The number of hydrogen-bond acceptors (Lipinski definition) is 5. The Kier molecular flexibility index (Phi) is 4.57. The van der Waals surface area contributed by atoms with E-state index < -0.39 is 6.09 Å². The number of carbonyl (C=O) groups excluding carboxylic acids is 2. The van der Waals surface area contributed by atoms with E-state index in [1.54, 1.807) is 30.3 Å². The maximum absolute atomic E-state index is 11.5. The van der Waals surface area contributed by atoms with Gasteiger partial charge in [0.05, 0.1) is 0 Å². The van der Waals surface area contributed by atoms with Gasteiger partial charge in [0.1, 0.15) is 23.3 Å². The van der Waals surface area contributed by atoms with Gasteiger partial charge in [-0.05, 0) is 30.3 Å². The molecule has 1 aromatic carbocycles. The van der Waals surface area contributed by atoms with Gasteiger partial charge in [-0.3, -0.25) is 9.78 Å². The average Bonchev–Trinajstić information content (AvgIpc) is 2.54.